The van der Waals surface area contributed by atoms with Crippen molar-refractivity contribution in [3.05, 3.63) is 22.2 Å². The number of aryl methyl sites for hydroxylation is 1. The quantitative estimate of drug-likeness (QED) is 0.720. The van der Waals surface area contributed by atoms with Crippen LogP contribution in [0.2, 0.25) is 0 Å². The maximum atomic E-state index is 12.1. The molecule has 3 N–H and O–H groups in total. The molecule has 1 fully saturated rings. The van der Waals surface area contributed by atoms with E-state index in [0.29, 0.717) is 10.2 Å². The summed E-state index contributed by atoms with van der Waals surface area (Å²) in [7, 11) is 0. The van der Waals surface area contributed by atoms with E-state index >= 15 is 0 Å². The summed E-state index contributed by atoms with van der Waals surface area (Å²) >= 11 is 3.27. The molecule has 0 atom stereocenters. The number of carbonyl (C=O) groups excluding carboxylic acids is 1. The predicted molar refractivity (Wildman–Crippen MR) is 82.0 cm³/mol. The Labute approximate surface area is 127 Å². The van der Waals surface area contributed by atoms with Crippen molar-refractivity contribution in [1.29, 1.82) is 0 Å². The van der Waals surface area contributed by atoms with Gasteiger partial charge >= 0.3 is 0 Å². The average Bonchev–Trinajstić information content (AvgIpc) is 2.36. The van der Waals surface area contributed by atoms with E-state index in [1.165, 1.54) is 0 Å². The second kappa shape index (κ2) is 7.12. The third kappa shape index (κ3) is 4.09. The molecule has 1 heterocycles. The number of halogens is 2. The number of aromatic hydroxyl groups is 1. The molecule has 1 aromatic rings. The van der Waals surface area contributed by atoms with Gasteiger partial charge in [-0.25, -0.2) is 0 Å². The van der Waals surface area contributed by atoms with E-state index in [1.807, 2.05) is 13.0 Å². The lowest BCUT2D eigenvalue weighted by atomic mass is 9.97. The molecule has 2 rings (SSSR count). The van der Waals surface area contributed by atoms with Gasteiger partial charge in [-0.2, -0.15) is 0 Å². The first-order valence-electron chi connectivity index (χ1n) is 6.08. The molecular weight excluding hydrogens is 332 g/mol. The van der Waals surface area contributed by atoms with Gasteiger partial charge in [-0.05, 0) is 66.5 Å². The average molecular weight is 350 g/mol. The summed E-state index contributed by atoms with van der Waals surface area (Å²) in [5.74, 6) is 0.108. The molecule has 0 unspecified atom stereocenters. The number of piperidine rings is 1. The summed E-state index contributed by atoms with van der Waals surface area (Å²) in [4.78, 5) is 12.1. The lowest BCUT2D eigenvalue weighted by molar-refractivity contribution is -0.120. The molecule has 1 aliphatic rings. The van der Waals surface area contributed by atoms with Crippen LogP contribution in [-0.4, -0.2) is 24.1 Å². The van der Waals surface area contributed by atoms with Crippen LogP contribution in [0.4, 0.5) is 5.69 Å². The molecule has 0 saturated carbocycles. The number of hydrogen-bond acceptors (Lipinski definition) is 3. The predicted octanol–water partition coefficient (Wildman–Crippen LogP) is 2.82. The van der Waals surface area contributed by atoms with Crippen molar-refractivity contribution in [2.45, 2.75) is 19.8 Å². The molecule has 1 aliphatic heterocycles. The highest BCUT2D eigenvalue weighted by molar-refractivity contribution is 9.10. The first-order chi connectivity index (χ1) is 8.58. The van der Waals surface area contributed by atoms with Gasteiger partial charge in [0.1, 0.15) is 0 Å². The fourth-order valence-electron chi connectivity index (χ4n) is 2.15. The molecule has 0 radical (unpaired) electrons. The van der Waals surface area contributed by atoms with Crippen LogP contribution in [0, 0.1) is 12.8 Å². The summed E-state index contributed by atoms with van der Waals surface area (Å²) in [5, 5.41) is 15.9. The van der Waals surface area contributed by atoms with Crippen molar-refractivity contribution in [2.24, 2.45) is 5.92 Å². The van der Waals surface area contributed by atoms with Gasteiger partial charge in [-0.1, -0.05) is 0 Å². The minimum Gasteiger partial charge on any atom is -0.505 e. The van der Waals surface area contributed by atoms with E-state index in [-0.39, 0.29) is 30.0 Å². The van der Waals surface area contributed by atoms with E-state index < -0.39 is 0 Å². The van der Waals surface area contributed by atoms with Crippen LogP contribution >= 0.6 is 28.3 Å². The summed E-state index contributed by atoms with van der Waals surface area (Å²) in [6, 6.07) is 3.59. The number of nitrogens with one attached hydrogen (secondary N) is 2. The molecule has 106 valence electrons. The molecular formula is C13H18BrClN2O2. The highest BCUT2D eigenvalue weighted by Crippen LogP contribution is 2.33. The van der Waals surface area contributed by atoms with Gasteiger partial charge in [0.2, 0.25) is 5.91 Å². The smallest absolute Gasteiger partial charge is 0.227 e. The normalized spacial score (nSPS) is 15.7. The van der Waals surface area contributed by atoms with Crippen molar-refractivity contribution in [3.8, 4) is 5.75 Å². The Bertz CT molecular complexity index is 462. The summed E-state index contributed by atoms with van der Waals surface area (Å²) < 4.78 is 0.600. The minimum absolute atomic E-state index is 0. The Morgan fingerprint density at radius 2 is 2.05 bits per heavy atom. The second-order valence-electron chi connectivity index (χ2n) is 4.66. The molecule has 0 aromatic heterocycles. The van der Waals surface area contributed by atoms with Gasteiger partial charge in [-0.15, -0.1) is 12.4 Å². The van der Waals surface area contributed by atoms with E-state index in [2.05, 4.69) is 26.6 Å². The van der Waals surface area contributed by atoms with Crippen LogP contribution in [0.15, 0.2) is 16.6 Å². The fourth-order valence-corrected chi connectivity index (χ4v) is 2.72. The van der Waals surface area contributed by atoms with Crippen LogP contribution in [0.5, 0.6) is 5.75 Å². The monoisotopic (exact) mass is 348 g/mol. The van der Waals surface area contributed by atoms with Gasteiger partial charge in [0.25, 0.3) is 0 Å². The first-order valence-corrected chi connectivity index (χ1v) is 6.88. The molecule has 0 bridgehead atoms. The maximum absolute atomic E-state index is 12.1. The minimum atomic E-state index is -0.00991. The Balaban J connectivity index is 0.00000180. The Kier molecular flexibility index (Phi) is 6.10. The van der Waals surface area contributed by atoms with E-state index in [1.54, 1.807) is 6.07 Å². The van der Waals surface area contributed by atoms with Gasteiger partial charge in [0, 0.05) is 5.92 Å². The first kappa shape index (κ1) is 16.3. The maximum Gasteiger partial charge on any atom is 0.227 e. The summed E-state index contributed by atoms with van der Waals surface area (Å²) in [5.41, 5.74) is 1.46. The number of anilines is 1. The van der Waals surface area contributed by atoms with Crippen molar-refractivity contribution >= 4 is 39.9 Å². The van der Waals surface area contributed by atoms with Crippen LogP contribution in [0.1, 0.15) is 18.4 Å². The van der Waals surface area contributed by atoms with Crippen molar-refractivity contribution in [1.82, 2.24) is 5.32 Å². The molecule has 1 saturated heterocycles. The number of phenols is 1. The third-order valence-corrected chi connectivity index (χ3v) is 3.78. The van der Waals surface area contributed by atoms with Crippen molar-refractivity contribution < 1.29 is 9.90 Å². The van der Waals surface area contributed by atoms with Crippen LogP contribution in [-0.2, 0) is 4.79 Å². The summed E-state index contributed by atoms with van der Waals surface area (Å²) in [6.45, 7) is 3.67. The van der Waals surface area contributed by atoms with Gasteiger partial charge in [0.15, 0.2) is 5.75 Å². The summed E-state index contributed by atoms with van der Waals surface area (Å²) in [6.07, 6.45) is 1.69. The SMILES string of the molecule is Cc1cc(Br)c(O)c(NC(=O)C2CCNCC2)c1.Cl. The van der Waals surface area contributed by atoms with E-state index in [0.717, 1.165) is 31.5 Å². The van der Waals surface area contributed by atoms with Gasteiger partial charge in [0.05, 0.1) is 10.2 Å². The van der Waals surface area contributed by atoms with Crippen LogP contribution in [0.25, 0.3) is 0 Å². The van der Waals surface area contributed by atoms with Crippen molar-refractivity contribution in [2.75, 3.05) is 18.4 Å². The Morgan fingerprint density at radius 3 is 2.68 bits per heavy atom. The number of amides is 1. The number of hydrogen-bond donors (Lipinski definition) is 3. The molecule has 0 aliphatic carbocycles. The highest BCUT2D eigenvalue weighted by Gasteiger charge is 2.22. The lowest BCUT2D eigenvalue weighted by Gasteiger charge is -2.22. The van der Waals surface area contributed by atoms with Crippen molar-refractivity contribution in [3.63, 3.8) is 0 Å². The van der Waals surface area contributed by atoms with Crippen LogP contribution in [0.3, 0.4) is 0 Å². The largest absolute Gasteiger partial charge is 0.505 e. The second-order valence-corrected chi connectivity index (χ2v) is 5.51. The number of benzene rings is 1. The Morgan fingerprint density at radius 1 is 1.42 bits per heavy atom. The standard InChI is InChI=1S/C13H17BrN2O2.ClH/c1-8-6-10(14)12(17)11(7-8)16-13(18)9-2-4-15-5-3-9;/h6-7,9,15,17H,2-5H2,1H3,(H,16,18);1H. The van der Waals surface area contributed by atoms with E-state index in [9.17, 15) is 9.90 Å². The van der Waals surface area contributed by atoms with E-state index in [4.69, 9.17) is 0 Å². The van der Waals surface area contributed by atoms with Gasteiger partial charge in [-0.3, -0.25) is 4.79 Å². The number of rotatable bonds is 2. The zero-order chi connectivity index (χ0) is 13.1. The third-order valence-electron chi connectivity index (χ3n) is 3.18. The lowest BCUT2D eigenvalue weighted by Crippen LogP contribution is -2.34. The molecule has 6 heteroatoms. The molecule has 4 nitrogen and oxygen atoms in total. The highest BCUT2D eigenvalue weighted by atomic mass is 79.9. The zero-order valence-corrected chi connectivity index (χ0v) is 13.1. The molecule has 1 aromatic carbocycles. The van der Waals surface area contributed by atoms with Gasteiger partial charge < -0.3 is 15.7 Å². The molecule has 0 spiro atoms. The fraction of sp³-hybridized carbons (Fsp3) is 0.462. The Hall–Kier alpha value is -0.780. The zero-order valence-electron chi connectivity index (χ0n) is 10.7. The molecule has 1 amide bonds. The van der Waals surface area contributed by atoms with Crippen LogP contribution < -0.4 is 10.6 Å². The number of carbonyl (C=O) groups is 1. The number of phenolic OH excluding ortho intramolecular Hbond substituents is 1. The molecule has 19 heavy (non-hydrogen) atoms. The topological polar surface area (TPSA) is 61.4 Å².